The first-order chi connectivity index (χ1) is 8.04. The molecule has 2 N–H and O–H groups in total. The minimum atomic E-state index is -0.305. The van der Waals surface area contributed by atoms with Crippen molar-refractivity contribution >= 4 is 5.91 Å². The van der Waals surface area contributed by atoms with Crippen molar-refractivity contribution in [1.29, 1.82) is 0 Å². The summed E-state index contributed by atoms with van der Waals surface area (Å²) in [5.74, 6) is 0.0919. The minimum Gasteiger partial charge on any atom is -0.377 e. The minimum absolute atomic E-state index is 0.0492. The Labute approximate surface area is 102 Å². The molecule has 0 bridgehead atoms. The van der Waals surface area contributed by atoms with Crippen LogP contribution < -0.4 is 5.73 Å². The van der Waals surface area contributed by atoms with Crippen LogP contribution in [0.3, 0.4) is 0 Å². The fourth-order valence-electron chi connectivity index (χ4n) is 2.50. The van der Waals surface area contributed by atoms with Gasteiger partial charge in [-0.05, 0) is 26.7 Å². The number of rotatable bonds is 2. The highest BCUT2D eigenvalue weighted by Gasteiger charge is 2.40. The Balaban J connectivity index is 1.99. The summed E-state index contributed by atoms with van der Waals surface area (Å²) in [6.07, 6.45) is 1.42. The molecular formula is C12H22N2O3. The van der Waals surface area contributed by atoms with E-state index in [2.05, 4.69) is 0 Å². The van der Waals surface area contributed by atoms with E-state index in [1.54, 1.807) is 0 Å². The van der Waals surface area contributed by atoms with Gasteiger partial charge in [-0.3, -0.25) is 4.79 Å². The summed E-state index contributed by atoms with van der Waals surface area (Å²) in [4.78, 5) is 14.3. The third-order valence-electron chi connectivity index (χ3n) is 3.56. The molecule has 0 aromatic carbocycles. The van der Waals surface area contributed by atoms with Crippen LogP contribution in [-0.4, -0.2) is 54.9 Å². The topological polar surface area (TPSA) is 64.8 Å². The summed E-state index contributed by atoms with van der Waals surface area (Å²) in [7, 11) is 0. The van der Waals surface area contributed by atoms with Gasteiger partial charge >= 0.3 is 0 Å². The second kappa shape index (κ2) is 4.92. The molecule has 0 aliphatic carbocycles. The Hall–Kier alpha value is -0.650. The summed E-state index contributed by atoms with van der Waals surface area (Å²) in [6.45, 7) is 6.40. The highest BCUT2D eigenvalue weighted by molar-refractivity contribution is 5.82. The van der Waals surface area contributed by atoms with Gasteiger partial charge in [-0.15, -0.1) is 0 Å². The van der Waals surface area contributed by atoms with E-state index in [0.29, 0.717) is 26.3 Å². The van der Waals surface area contributed by atoms with Crippen LogP contribution in [0.15, 0.2) is 0 Å². The number of nitrogens with two attached hydrogens (primary N) is 1. The normalized spacial score (nSPS) is 32.8. The molecule has 2 atom stereocenters. The van der Waals surface area contributed by atoms with Crippen molar-refractivity contribution in [3.63, 3.8) is 0 Å². The van der Waals surface area contributed by atoms with E-state index in [4.69, 9.17) is 15.2 Å². The van der Waals surface area contributed by atoms with Crippen LogP contribution in [0.25, 0.3) is 0 Å². The predicted molar refractivity (Wildman–Crippen MR) is 63.6 cm³/mol. The van der Waals surface area contributed by atoms with Crippen molar-refractivity contribution in [3.05, 3.63) is 0 Å². The molecule has 5 nitrogen and oxygen atoms in total. The number of morpholine rings is 1. The largest absolute Gasteiger partial charge is 0.377 e. The Bertz CT molecular complexity index is 293. The third kappa shape index (κ3) is 2.61. The van der Waals surface area contributed by atoms with Gasteiger partial charge in [-0.25, -0.2) is 0 Å². The van der Waals surface area contributed by atoms with E-state index in [1.165, 1.54) is 0 Å². The first kappa shape index (κ1) is 12.8. The van der Waals surface area contributed by atoms with Crippen LogP contribution in [0.5, 0.6) is 0 Å². The fraction of sp³-hybridized carbons (Fsp3) is 0.917. The quantitative estimate of drug-likeness (QED) is 0.747. The molecule has 2 rings (SSSR count). The van der Waals surface area contributed by atoms with Crippen LogP contribution in [0.4, 0.5) is 0 Å². The Morgan fingerprint density at radius 2 is 2.24 bits per heavy atom. The summed E-state index contributed by atoms with van der Waals surface area (Å²) >= 11 is 0. The lowest BCUT2D eigenvalue weighted by Gasteiger charge is -2.43. The van der Waals surface area contributed by atoms with Crippen LogP contribution >= 0.6 is 0 Å². The molecule has 0 saturated carbocycles. The highest BCUT2D eigenvalue weighted by atomic mass is 16.5. The zero-order valence-electron chi connectivity index (χ0n) is 10.6. The van der Waals surface area contributed by atoms with Crippen molar-refractivity contribution in [3.8, 4) is 0 Å². The Morgan fingerprint density at radius 3 is 2.82 bits per heavy atom. The molecule has 2 unspecified atom stereocenters. The third-order valence-corrected chi connectivity index (χ3v) is 3.56. The summed E-state index contributed by atoms with van der Waals surface area (Å²) in [6, 6.07) is 0. The van der Waals surface area contributed by atoms with Crippen molar-refractivity contribution in [1.82, 2.24) is 4.90 Å². The van der Waals surface area contributed by atoms with Crippen molar-refractivity contribution in [2.75, 3.05) is 26.3 Å². The highest BCUT2D eigenvalue weighted by Crippen LogP contribution is 2.26. The maximum Gasteiger partial charge on any atom is 0.252 e. The smallest absolute Gasteiger partial charge is 0.252 e. The van der Waals surface area contributed by atoms with Crippen molar-refractivity contribution < 1.29 is 14.3 Å². The number of hydrogen-bond donors (Lipinski definition) is 1. The van der Waals surface area contributed by atoms with E-state index in [9.17, 15) is 4.79 Å². The second-order valence-electron chi connectivity index (χ2n) is 5.41. The molecule has 5 heteroatoms. The molecule has 2 saturated heterocycles. The lowest BCUT2D eigenvalue weighted by molar-refractivity contribution is -0.157. The molecule has 2 aliphatic heterocycles. The van der Waals surface area contributed by atoms with Gasteiger partial charge in [0.15, 0.2) is 0 Å². The molecule has 98 valence electrons. The zero-order chi connectivity index (χ0) is 12.5. The van der Waals surface area contributed by atoms with Crippen molar-refractivity contribution in [2.24, 2.45) is 5.73 Å². The van der Waals surface area contributed by atoms with Gasteiger partial charge in [0.2, 0.25) is 0 Å². The number of nitrogens with zero attached hydrogens (tertiary/aromatic N) is 1. The van der Waals surface area contributed by atoms with E-state index in [-0.39, 0.29) is 23.7 Å². The average molecular weight is 242 g/mol. The number of ether oxygens (including phenoxy) is 2. The maximum absolute atomic E-state index is 12.4. The SMILES string of the molecule is CC1(C)COCCN1C(=O)C1CCC(CN)O1. The van der Waals surface area contributed by atoms with Gasteiger partial charge in [-0.2, -0.15) is 0 Å². The standard InChI is InChI=1S/C12H22N2O3/c1-12(2)8-16-6-5-14(12)11(15)10-4-3-9(7-13)17-10/h9-10H,3-8,13H2,1-2H3. The molecule has 0 aromatic heterocycles. The molecule has 1 amide bonds. The van der Waals surface area contributed by atoms with E-state index < -0.39 is 0 Å². The first-order valence-electron chi connectivity index (χ1n) is 6.29. The molecule has 17 heavy (non-hydrogen) atoms. The lowest BCUT2D eigenvalue weighted by atomic mass is 10.0. The maximum atomic E-state index is 12.4. The van der Waals surface area contributed by atoms with Crippen LogP contribution in [0.2, 0.25) is 0 Å². The van der Waals surface area contributed by atoms with Gasteiger partial charge in [0.25, 0.3) is 5.91 Å². The molecule has 2 heterocycles. The van der Waals surface area contributed by atoms with Gasteiger partial charge < -0.3 is 20.1 Å². The second-order valence-corrected chi connectivity index (χ2v) is 5.41. The molecule has 0 spiro atoms. The number of carbonyl (C=O) groups excluding carboxylic acids is 1. The van der Waals surface area contributed by atoms with E-state index in [0.717, 1.165) is 12.8 Å². The molecule has 2 fully saturated rings. The molecular weight excluding hydrogens is 220 g/mol. The molecule has 0 radical (unpaired) electrons. The Kier molecular flexibility index (Phi) is 3.70. The van der Waals surface area contributed by atoms with Gasteiger partial charge in [-0.1, -0.05) is 0 Å². The van der Waals surface area contributed by atoms with Gasteiger partial charge in [0, 0.05) is 13.1 Å². The van der Waals surface area contributed by atoms with Crippen LogP contribution in [0, 0.1) is 0 Å². The number of hydrogen-bond acceptors (Lipinski definition) is 4. The van der Waals surface area contributed by atoms with E-state index >= 15 is 0 Å². The van der Waals surface area contributed by atoms with Crippen LogP contribution in [-0.2, 0) is 14.3 Å². The fourth-order valence-corrected chi connectivity index (χ4v) is 2.50. The van der Waals surface area contributed by atoms with Gasteiger partial charge in [0.1, 0.15) is 6.10 Å². The lowest BCUT2D eigenvalue weighted by Crippen LogP contribution is -2.58. The first-order valence-corrected chi connectivity index (χ1v) is 6.29. The summed E-state index contributed by atoms with van der Waals surface area (Å²) in [5.41, 5.74) is 5.32. The zero-order valence-corrected chi connectivity index (χ0v) is 10.6. The monoisotopic (exact) mass is 242 g/mol. The number of amides is 1. The summed E-state index contributed by atoms with van der Waals surface area (Å²) in [5, 5.41) is 0. The molecule has 0 aromatic rings. The summed E-state index contributed by atoms with van der Waals surface area (Å²) < 4.78 is 11.1. The average Bonchev–Trinajstić information content (AvgIpc) is 2.76. The van der Waals surface area contributed by atoms with Crippen LogP contribution in [0.1, 0.15) is 26.7 Å². The predicted octanol–water partition coefficient (Wildman–Crippen LogP) is 0.130. The van der Waals surface area contributed by atoms with Crippen molar-refractivity contribution in [2.45, 2.75) is 44.4 Å². The number of carbonyl (C=O) groups is 1. The Morgan fingerprint density at radius 1 is 1.47 bits per heavy atom. The van der Waals surface area contributed by atoms with E-state index in [1.807, 2.05) is 18.7 Å². The molecule has 2 aliphatic rings. The van der Waals surface area contributed by atoms with Gasteiger partial charge in [0.05, 0.1) is 24.9 Å².